The average molecular weight is 329 g/mol. The summed E-state index contributed by atoms with van der Waals surface area (Å²) in [5.74, 6) is 0.215. The van der Waals surface area contributed by atoms with Gasteiger partial charge in [-0.2, -0.15) is 0 Å². The number of benzene rings is 1. The van der Waals surface area contributed by atoms with Crippen LogP contribution >= 0.6 is 0 Å². The molecule has 0 aliphatic carbocycles. The molecular weight excluding hydrogens is 306 g/mol. The van der Waals surface area contributed by atoms with Crippen molar-refractivity contribution >= 4 is 23.4 Å². The third-order valence-electron chi connectivity index (χ3n) is 4.56. The standard InChI is InChI=1S/C18H23N3O3/c1-13(22)19-16-7-6-14(11-20-8-2-4-17(20)23)10-15(16)12-21-9-3-5-18(21)24/h6-7,10H,2-5,8-9,11-12H2,1H3,(H,19,22). The van der Waals surface area contributed by atoms with Gasteiger partial charge in [0, 0.05) is 51.6 Å². The lowest BCUT2D eigenvalue weighted by atomic mass is 10.1. The van der Waals surface area contributed by atoms with Gasteiger partial charge in [-0.05, 0) is 30.0 Å². The van der Waals surface area contributed by atoms with E-state index in [1.165, 1.54) is 6.92 Å². The van der Waals surface area contributed by atoms with Crippen LogP contribution < -0.4 is 5.32 Å². The van der Waals surface area contributed by atoms with E-state index in [0.29, 0.717) is 25.9 Å². The summed E-state index contributed by atoms with van der Waals surface area (Å²) in [5.41, 5.74) is 2.68. The molecule has 0 saturated carbocycles. The lowest BCUT2D eigenvalue weighted by Crippen LogP contribution is -2.26. The van der Waals surface area contributed by atoms with Gasteiger partial charge < -0.3 is 15.1 Å². The van der Waals surface area contributed by atoms with Gasteiger partial charge >= 0.3 is 0 Å². The summed E-state index contributed by atoms with van der Waals surface area (Å²) in [6.45, 7) is 4.11. The van der Waals surface area contributed by atoms with E-state index in [4.69, 9.17) is 0 Å². The SMILES string of the molecule is CC(=O)Nc1ccc(CN2CCCC2=O)cc1CN1CCCC1=O. The van der Waals surface area contributed by atoms with Crippen molar-refractivity contribution in [3.8, 4) is 0 Å². The fraction of sp³-hybridized carbons (Fsp3) is 0.500. The molecule has 128 valence electrons. The predicted octanol–water partition coefficient (Wildman–Crippen LogP) is 1.89. The highest BCUT2D eigenvalue weighted by Gasteiger charge is 2.23. The number of likely N-dealkylation sites (tertiary alicyclic amines) is 2. The van der Waals surface area contributed by atoms with Crippen molar-refractivity contribution in [2.75, 3.05) is 18.4 Å². The van der Waals surface area contributed by atoms with Gasteiger partial charge in [0.15, 0.2) is 0 Å². The number of nitrogens with one attached hydrogen (secondary N) is 1. The highest BCUT2D eigenvalue weighted by Crippen LogP contribution is 2.24. The molecule has 0 spiro atoms. The Kier molecular flexibility index (Phi) is 4.83. The minimum Gasteiger partial charge on any atom is -0.338 e. The number of amides is 3. The third kappa shape index (κ3) is 3.75. The van der Waals surface area contributed by atoms with Crippen molar-refractivity contribution in [2.24, 2.45) is 0 Å². The maximum absolute atomic E-state index is 11.9. The van der Waals surface area contributed by atoms with Crippen LogP contribution in [0.5, 0.6) is 0 Å². The molecule has 2 saturated heterocycles. The Bertz CT molecular complexity index is 671. The minimum absolute atomic E-state index is 0.133. The molecule has 2 fully saturated rings. The zero-order chi connectivity index (χ0) is 17.1. The minimum atomic E-state index is -0.133. The first-order valence-electron chi connectivity index (χ1n) is 8.48. The lowest BCUT2D eigenvalue weighted by Gasteiger charge is -2.21. The molecule has 1 aromatic carbocycles. The van der Waals surface area contributed by atoms with Crippen molar-refractivity contribution < 1.29 is 14.4 Å². The summed E-state index contributed by atoms with van der Waals surface area (Å²) in [6, 6.07) is 5.81. The van der Waals surface area contributed by atoms with Crippen LogP contribution in [0, 0.1) is 0 Å². The number of hydrogen-bond donors (Lipinski definition) is 1. The fourth-order valence-corrected chi connectivity index (χ4v) is 3.36. The topological polar surface area (TPSA) is 69.7 Å². The molecule has 1 aromatic rings. The molecule has 3 amide bonds. The Morgan fingerprint density at radius 2 is 1.67 bits per heavy atom. The molecular formula is C18H23N3O3. The van der Waals surface area contributed by atoms with E-state index in [9.17, 15) is 14.4 Å². The highest BCUT2D eigenvalue weighted by molar-refractivity contribution is 5.89. The second-order valence-electron chi connectivity index (χ2n) is 6.51. The Hall–Kier alpha value is -2.37. The quantitative estimate of drug-likeness (QED) is 0.897. The zero-order valence-electron chi connectivity index (χ0n) is 14.0. The molecule has 2 aliphatic rings. The lowest BCUT2D eigenvalue weighted by molar-refractivity contribution is -0.128. The van der Waals surface area contributed by atoms with Gasteiger partial charge in [-0.3, -0.25) is 14.4 Å². The molecule has 0 bridgehead atoms. The molecule has 1 N–H and O–H groups in total. The predicted molar refractivity (Wildman–Crippen MR) is 90.0 cm³/mol. The maximum atomic E-state index is 11.9. The molecule has 2 aliphatic heterocycles. The Morgan fingerprint density at radius 1 is 1.04 bits per heavy atom. The van der Waals surface area contributed by atoms with Gasteiger partial charge in [0.2, 0.25) is 17.7 Å². The van der Waals surface area contributed by atoms with Crippen molar-refractivity contribution in [3.05, 3.63) is 29.3 Å². The molecule has 0 unspecified atom stereocenters. The summed E-state index contributed by atoms with van der Waals surface area (Å²) >= 11 is 0. The van der Waals surface area contributed by atoms with Crippen molar-refractivity contribution in [1.29, 1.82) is 0 Å². The average Bonchev–Trinajstić information content (AvgIpc) is 3.11. The van der Waals surface area contributed by atoms with Crippen molar-refractivity contribution in [2.45, 2.75) is 45.7 Å². The Morgan fingerprint density at radius 3 is 2.21 bits per heavy atom. The summed E-state index contributed by atoms with van der Waals surface area (Å²) in [7, 11) is 0. The fourth-order valence-electron chi connectivity index (χ4n) is 3.36. The van der Waals surface area contributed by atoms with E-state index in [0.717, 1.165) is 42.7 Å². The van der Waals surface area contributed by atoms with Crippen LogP contribution in [-0.2, 0) is 27.5 Å². The number of nitrogens with zero attached hydrogens (tertiary/aromatic N) is 2. The van der Waals surface area contributed by atoms with Gasteiger partial charge in [0.05, 0.1) is 0 Å². The van der Waals surface area contributed by atoms with Crippen LogP contribution in [0.3, 0.4) is 0 Å². The molecule has 24 heavy (non-hydrogen) atoms. The summed E-state index contributed by atoms with van der Waals surface area (Å²) < 4.78 is 0. The zero-order valence-corrected chi connectivity index (χ0v) is 14.0. The molecule has 0 atom stereocenters. The number of anilines is 1. The molecule has 6 nitrogen and oxygen atoms in total. The molecule has 2 heterocycles. The highest BCUT2D eigenvalue weighted by atomic mass is 16.2. The van der Waals surface area contributed by atoms with Crippen LogP contribution in [0.25, 0.3) is 0 Å². The van der Waals surface area contributed by atoms with E-state index < -0.39 is 0 Å². The van der Waals surface area contributed by atoms with Crippen molar-refractivity contribution in [1.82, 2.24) is 9.80 Å². The molecule has 6 heteroatoms. The number of carbonyl (C=O) groups is 3. The van der Waals surface area contributed by atoms with Gasteiger partial charge in [-0.1, -0.05) is 12.1 Å². The van der Waals surface area contributed by atoms with Gasteiger partial charge in [0.1, 0.15) is 0 Å². The van der Waals surface area contributed by atoms with E-state index in [-0.39, 0.29) is 17.7 Å². The second-order valence-corrected chi connectivity index (χ2v) is 6.51. The van der Waals surface area contributed by atoms with Crippen LogP contribution in [0.1, 0.15) is 43.7 Å². The first-order valence-corrected chi connectivity index (χ1v) is 8.48. The first-order chi connectivity index (χ1) is 11.5. The normalized spacial score (nSPS) is 17.7. The molecule has 0 radical (unpaired) electrons. The van der Waals surface area contributed by atoms with E-state index in [2.05, 4.69) is 5.32 Å². The van der Waals surface area contributed by atoms with Crippen LogP contribution in [0.15, 0.2) is 18.2 Å². The largest absolute Gasteiger partial charge is 0.338 e. The van der Waals surface area contributed by atoms with E-state index in [1.807, 2.05) is 28.0 Å². The molecule has 0 aromatic heterocycles. The smallest absolute Gasteiger partial charge is 0.222 e. The van der Waals surface area contributed by atoms with E-state index >= 15 is 0 Å². The van der Waals surface area contributed by atoms with E-state index in [1.54, 1.807) is 0 Å². The van der Waals surface area contributed by atoms with Crippen LogP contribution in [0.4, 0.5) is 5.69 Å². The summed E-state index contributed by atoms with van der Waals surface area (Å²) in [4.78, 5) is 38.8. The Labute approximate surface area is 141 Å². The number of carbonyl (C=O) groups excluding carboxylic acids is 3. The first kappa shape index (κ1) is 16.5. The van der Waals surface area contributed by atoms with Crippen molar-refractivity contribution in [3.63, 3.8) is 0 Å². The van der Waals surface area contributed by atoms with Crippen LogP contribution in [0.2, 0.25) is 0 Å². The Balaban J connectivity index is 1.81. The van der Waals surface area contributed by atoms with Gasteiger partial charge in [-0.25, -0.2) is 0 Å². The van der Waals surface area contributed by atoms with Crippen LogP contribution in [-0.4, -0.2) is 40.6 Å². The summed E-state index contributed by atoms with van der Waals surface area (Å²) in [5, 5.41) is 2.83. The monoisotopic (exact) mass is 329 g/mol. The summed E-state index contributed by atoms with van der Waals surface area (Å²) in [6.07, 6.45) is 3.02. The van der Waals surface area contributed by atoms with Gasteiger partial charge in [0.25, 0.3) is 0 Å². The third-order valence-corrected chi connectivity index (χ3v) is 4.56. The van der Waals surface area contributed by atoms with Gasteiger partial charge in [-0.15, -0.1) is 0 Å². The number of rotatable bonds is 5. The number of hydrogen-bond acceptors (Lipinski definition) is 3. The molecule has 3 rings (SSSR count). The maximum Gasteiger partial charge on any atom is 0.222 e. The second kappa shape index (κ2) is 7.03.